The van der Waals surface area contributed by atoms with Gasteiger partial charge in [-0.05, 0) is 6.07 Å². The van der Waals surface area contributed by atoms with Crippen molar-refractivity contribution in [3.05, 3.63) is 22.7 Å². The Bertz CT molecular complexity index is 967. The topological polar surface area (TPSA) is 270 Å². The molecule has 16 nitrogen and oxygen atoms in total. The van der Waals surface area contributed by atoms with E-state index in [1.54, 1.807) is 0 Å². The number of hydrogen-bond donors (Lipinski definition) is 7. The standard InChI is InChI=1S/C17H23N5O11/c18-6(15(27)28)3-10(25)20-9-1-2-22(17(31)21-9)14-13(33-14)12(8(24)5-23)32-11(26)4-7(19)16(29)30/h1-2,6-8,12-14,23-24H,3-5,18-19H2,(H,27,28)(H,29,30)(H,20,21,25,31). The molecule has 1 aromatic rings. The quantitative estimate of drug-likeness (QED) is 0.112. The highest BCUT2D eigenvalue weighted by Crippen LogP contribution is 2.37. The maximum atomic E-state index is 12.3. The maximum Gasteiger partial charge on any atom is 0.351 e. The predicted molar refractivity (Wildman–Crippen MR) is 104 cm³/mol. The first-order valence-corrected chi connectivity index (χ1v) is 9.44. The molecule has 0 aliphatic carbocycles. The molecule has 182 valence electrons. The van der Waals surface area contributed by atoms with E-state index in [2.05, 4.69) is 10.3 Å². The van der Waals surface area contributed by atoms with E-state index in [4.69, 9.17) is 31.2 Å². The van der Waals surface area contributed by atoms with Crippen molar-refractivity contribution in [1.29, 1.82) is 0 Å². The third-order valence-electron chi connectivity index (χ3n) is 4.46. The Balaban J connectivity index is 2.05. The minimum atomic E-state index is -1.61. The van der Waals surface area contributed by atoms with Crippen molar-refractivity contribution in [2.75, 3.05) is 11.9 Å². The largest absolute Gasteiger partial charge is 0.480 e. The fourth-order valence-corrected chi connectivity index (χ4v) is 2.67. The number of nitrogens with two attached hydrogens (primary N) is 2. The van der Waals surface area contributed by atoms with E-state index in [9.17, 15) is 34.2 Å². The van der Waals surface area contributed by atoms with E-state index >= 15 is 0 Å². The van der Waals surface area contributed by atoms with Crippen molar-refractivity contribution >= 4 is 29.6 Å². The van der Waals surface area contributed by atoms with Crippen LogP contribution < -0.4 is 22.5 Å². The Kier molecular flexibility index (Phi) is 8.55. The molecule has 6 atom stereocenters. The van der Waals surface area contributed by atoms with Gasteiger partial charge < -0.3 is 46.7 Å². The Hall–Kier alpha value is -3.44. The van der Waals surface area contributed by atoms with Gasteiger partial charge in [0.25, 0.3) is 0 Å². The smallest absolute Gasteiger partial charge is 0.351 e. The lowest BCUT2D eigenvalue weighted by Crippen LogP contribution is -2.41. The van der Waals surface area contributed by atoms with E-state index in [0.29, 0.717) is 0 Å². The number of anilines is 1. The van der Waals surface area contributed by atoms with Crippen molar-refractivity contribution in [2.45, 2.75) is 49.5 Å². The average Bonchev–Trinajstić information content (AvgIpc) is 3.51. The second kappa shape index (κ2) is 10.9. The number of ether oxygens (including phenoxy) is 2. The molecule has 0 aromatic carbocycles. The van der Waals surface area contributed by atoms with Crippen LogP contribution in [0.3, 0.4) is 0 Å². The minimum Gasteiger partial charge on any atom is -0.480 e. The van der Waals surface area contributed by atoms with Crippen molar-refractivity contribution in [2.24, 2.45) is 11.5 Å². The third-order valence-corrected chi connectivity index (χ3v) is 4.46. The molecule has 0 radical (unpaired) electrons. The lowest BCUT2D eigenvalue weighted by molar-refractivity contribution is -0.160. The molecule has 1 aliphatic rings. The van der Waals surface area contributed by atoms with Crippen LogP contribution in [0.15, 0.2) is 17.1 Å². The van der Waals surface area contributed by atoms with Gasteiger partial charge in [-0.1, -0.05) is 0 Å². The summed E-state index contributed by atoms with van der Waals surface area (Å²) < 4.78 is 11.2. The van der Waals surface area contributed by atoms with Crippen molar-refractivity contribution < 1.29 is 49.1 Å². The second-order valence-corrected chi connectivity index (χ2v) is 7.04. The Labute approximate surface area is 184 Å². The second-order valence-electron chi connectivity index (χ2n) is 7.04. The van der Waals surface area contributed by atoms with Crippen LogP contribution in [0.1, 0.15) is 19.1 Å². The molecule has 2 heterocycles. The number of aliphatic hydroxyl groups is 2. The molecule has 16 heteroatoms. The first-order chi connectivity index (χ1) is 15.4. The molecule has 1 saturated heterocycles. The number of aliphatic carboxylic acids is 2. The molecule has 0 saturated carbocycles. The van der Waals surface area contributed by atoms with Crippen LogP contribution in [-0.4, -0.2) is 90.8 Å². The lowest BCUT2D eigenvalue weighted by atomic mass is 10.1. The van der Waals surface area contributed by atoms with Gasteiger partial charge in [0.05, 0.1) is 19.4 Å². The number of epoxide rings is 1. The molecule has 9 N–H and O–H groups in total. The zero-order chi connectivity index (χ0) is 24.9. The number of nitrogens with one attached hydrogen (secondary N) is 1. The first-order valence-electron chi connectivity index (χ1n) is 9.44. The van der Waals surface area contributed by atoms with E-state index in [0.717, 1.165) is 4.57 Å². The summed E-state index contributed by atoms with van der Waals surface area (Å²) in [5.74, 6) is -4.86. The zero-order valence-electron chi connectivity index (χ0n) is 16.9. The zero-order valence-corrected chi connectivity index (χ0v) is 16.9. The van der Waals surface area contributed by atoms with Crippen molar-refractivity contribution in [3.63, 3.8) is 0 Å². The number of aromatic nitrogens is 2. The molecule has 1 amide bonds. The number of hydrogen-bond acceptors (Lipinski definition) is 12. The van der Waals surface area contributed by atoms with Crippen molar-refractivity contribution in [3.8, 4) is 0 Å². The molecule has 33 heavy (non-hydrogen) atoms. The summed E-state index contributed by atoms with van der Waals surface area (Å²) >= 11 is 0. The van der Waals surface area contributed by atoms with E-state index < -0.39 is 85.6 Å². The number of nitrogens with zero attached hydrogens (tertiary/aromatic N) is 2. The van der Waals surface area contributed by atoms with Gasteiger partial charge in [-0.25, -0.2) is 4.79 Å². The molecule has 6 unspecified atom stereocenters. The van der Waals surface area contributed by atoms with Crippen LogP contribution in [0.4, 0.5) is 5.82 Å². The molecule has 1 aromatic heterocycles. The van der Waals surface area contributed by atoms with Gasteiger partial charge in [0.15, 0.2) is 12.3 Å². The summed E-state index contributed by atoms with van der Waals surface area (Å²) in [5, 5.41) is 38.8. The van der Waals surface area contributed by atoms with Crippen LogP contribution in [0, 0.1) is 0 Å². The van der Waals surface area contributed by atoms with Crippen LogP contribution in [0.2, 0.25) is 0 Å². The number of carbonyl (C=O) groups is 4. The normalized spacial score (nSPS) is 20.7. The summed E-state index contributed by atoms with van der Waals surface area (Å²) in [6.07, 6.45) is -5.26. The molecule has 1 aliphatic heterocycles. The van der Waals surface area contributed by atoms with Gasteiger partial charge in [0.1, 0.15) is 30.1 Å². The van der Waals surface area contributed by atoms with Crippen molar-refractivity contribution in [1.82, 2.24) is 9.55 Å². The Morgan fingerprint density at radius 3 is 2.33 bits per heavy atom. The van der Waals surface area contributed by atoms with Crippen LogP contribution >= 0.6 is 0 Å². The maximum absolute atomic E-state index is 12.3. The van der Waals surface area contributed by atoms with E-state index in [-0.39, 0.29) is 5.82 Å². The van der Waals surface area contributed by atoms with Crippen LogP contribution in [0.5, 0.6) is 0 Å². The average molecular weight is 473 g/mol. The highest BCUT2D eigenvalue weighted by atomic mass is 16.6. The first kappa shape index (κ1) is 25.8. The fourth-order valence-electron chi connectivity index (χ4n) is 2.67. The fraction of sp³-hybridized carbons (Fsp3) is 0.529. The number of carbonyl (C=O) groups excluding carboxylic acids is 2. The van der Waals surface area contributed by atoms with Gasteiger partial charge in [0.2, 0.25) is 5.91 Å². The van der Waals surface area contributed by atoms with Gasteiger partial charge in [-0.3, -0.25) is 23.7 Å². The SMILES string of the molecule is NC(CC(=O)Nc1ccn(C2OC2C(OC(=O)CC(N)C(=O)O)C(O)CO)c(=O)n1)C(=O)O. The summed E-state index contributed by atoms with van der Waals surface area (Å²) in [6.45, 7) is -0.827. The minimum absolute atomic E-state index is 0.183. The molecule has 0 spiro atoms. The number of aliphatic hydroxyl groups excluding tert-OH is 2. The summed E-state index contributed by atoms with van der Waals surface area (Å²) in [5.41, 5.74) is 9.61. The van der Waals surface area contributed by atoms with Crippen LogP contribution in [-0.2, 0) is 28.7 Å². The summed E-state index contributed by atoms with van der Waals surface area (Å²) in [7, 11) is 0. The monoisotopic (exact) mass is 473 g/mol. The number of amides is 1. The third kappa shape index (κ3) is 7.02. The van der Waals surface area contributed by atoms with Gasteiger partial charge >= 0.3 is 23.6 Å². The highest BCUT2D eigenvalue weighted by Gasteiger charge is 2.51. The molecule has 0 bridgehead atoms. The van der Waals surface area contributed by atoms with Crippen LogP contribution in [0.25, 0.3) is 0 Å². The number of rotatable bonds is 12. The lowest BCUT2D eigenvalue weighted by Gasteiger charge is -2.20. The summed E-state index contributed by atoms with van der Waals surface area (Å²) in [4.78, 5) is 61.0. The predicted octanol–water partition coefficient (Wildman–Crippen LogP) is -4.05. The Morgan fingerprint density at radius 2 is 1.79 bits per heavy atom. The van der Waals surface area contributed by atoms with E-state index in [1.807, 2.05) is 0 Å². The Morgan fingerprint density at radius 1 is 1.18 bits per heavy atom. The number of carboxylic acids is 2. The number of carboxylic acid groups (broad SMARTS) is 2. The van der Waals surface area contributed by atoms with Gasteiger partial charge in [0, 0.05) is 6.20 Å². The molecule has 2 rings (SSSR count). The molecular formula is C17H23N5O11. The highest BCUT2D eigenvalue weighted by molar-refractivity contribution is 5.93. The van der Waals surface area contributed by atoms with E-state index in [1.165, 1.54) is 12.3 Å². The molecule has 1 fully saturated rings. The number of esters is 1. The summed E-state index contributed by atoms with van der Waals surface area (Å²) in [6, 6.07) is -1.77. The molecular weight excluding hydrogens is 450 g/mol. The van der Waals surface area contributed by atoms with Gasteiger partial charge in [-0.15, -0.1) is 0 Å². The van der Waals surface area contributed by atoms with Gasteiger partial charge in [-0.2, -0.15) is 4.98 Å².